The molecule has 2 radical (unpaired) electrons. The lowest BCUT2D eigenvalue weighted by Crippen LogP contribution is -2.09. The van der Waals surface area contributed by atoms with E-state index in [4.69, 9.17) is 19.7 Å². The lowest BCUT2D eigenvalue weighted by Gasteiger charge is -2.11. The first-order valence-electron chi connectivity index (χ1n) is 7.13. The molecule has 2 aromatic rings. The molecule has 2 aromatic carbocycles. The van der Waals surface area contributed by atoms with Gasteiger partial charge in [0.15, 0.2) is 5.78 Å². The van der Waals surface area contributed by atoms with Crippen molar-refractivity contribution in [2.45, 2.75) is 19.4 Å². The molecule has 4 N–H and O–H groups in total. The Morgan fingerprint density at radius 2 is 1.81 bits per heavy atom. The van der Waals surface area contributed by atoms with Crippen LogP contribution in [0.2, 0.25) is 0 Å². The molecular formula is C19H20O7. The number of carbonyl (C=O) groups excluding carboxylic acids is 1. The summed E-state index contributed by atoms with van der Waals surface area (Å²) in [6.45, 7) is 2.43. The van der Waals surface area contributed by atoms with Crippen molar-refractivity contribution in [2.24, 2.45) is 0 Å². The normalized spacial score (nSPS) is 12.1. The van der Waals surface area contributed by atoms with Crippen LogP contribution >= 0.6 is 0 Å². The van der Waals surface area contributed by atoms with Crippen molar-refractivity contribution in [3.05, 3.63) is 72.1 Å². The van der Waals surface area contributed by atoms with Crippen LogP contribution in [0.3, 0.4) is 0 Å². The minimum Gasteiger partial charge on any atom is -0.488 e. The summed E-state index contributed by atoms with van der Waals surface area (Å²) in [7, 11) is 0. The maximum Gasteiger partial charge on any atom is 0.414 e. The van der Waals surface area contributed by atoms with Gasteiger partial charge in [-0.15, -0.1) is 0 Å². The van der Waals surface area contributed by atoms with E-state index in [-0.39, 0.29) is 18.7 Å². The van der Waals surface area contributed by atoms with E-state index in [1.165, 1.54) is 0 Å². The van der Waals surface area contributed by atoms with Crippen molar-refractivity contribution in [1.82, 2.24) is 0 Å². The molecule has 138 valence electrons. The minimum atomic E-state index is -0.919. The molecule has 0 aliphatic carbocycles. The fourth-order valence-electron chi connectivity index (χ4n) is 2.43. The maximum absolute atomic E-state index is 12.6. The number of ketones is 1. The van der Waals surface area contributed by atoms with Crippen molar-refractivity contribution in [2.75, 3.05) is 0 Å². The van der Waals surface area contributed by atoms with Crippen LogP contribution in [-0.2, 0) is 16.2 Å². The smallest absolute Gasteiger partial charge is 0.414 e. The number of hydrogen-bond donors (Lipinski definition) is 2. The fraction of sp³-hybridized carbons (Fsp3) is 0.158. The average molecular weight is 360 g/mol. The topological polar surface area (TPSA) is 132 Å². The highest BCUT2D eigenvalue weighted by molar-refractivity contribution is 6.12. The van der Waals surface area contributed by atoms with Gasteiger partial charge in [-0.1, -0.05) is 37.8 Å². The van der Waals surface area contributed by atoms with Crippen LogP contribution in [0.1, 0.15) is 39.9 Å². The summed E-state index contributed by atoms with van der Waals surface area (Å²) in [6, 6.07) is 12.3. The number of aliphatic carboxylic acids is 1. The Kier molecular flexibility index (Phi) is 8.73. The van der Waals surface area contributed by atoms with E-state index in [1.54, 1.807) is 31.2 Å². The average Bonchev–Trinajstić information content (AvgIpc) is 2.72. The zero-order chi connectivity index (χ0) is 17.7. The second-order valence-corrected chi connectivity index (χ2v) is 5.18. The highest BCUT2D eigenvalue weighted by atomic mass is 16.5. The first-order valence-corrected chi connectivity index (χ1v) is 7.13. The van der Waals surface area contributed by atoms with Crippen molar-refractivity contribution in [3.63, 3.8) is 0 Å². The van der Waals surface area contributed by atoms with Gasteiger partial charge in [0.25, 0.3) is 0 Å². The third-order valence-electron chi connectivity index (χ3n) is 3.76. The molecule has 3 rings (SSSR count). The van der Waals surface area contributed by atoms with E-state index in [0.29, 0.717) is 35.5 Å². The number of hydrogen-bond acceptors (Lipinski definition) is 4. The first kappa shape index (κ1) is 22.8. The molecule has 0 aromatic heterocycles. The molecule has 0 saturated carbocycles. The number of aliphatic hydroxyl groups excluding tert-OH is 1. The van der Waals surface area contributed by atoms with Gasteiger partial charge in [-0.05, 0) is 24.6 Å². The van der Waals surface area contributed by atoms with E-state index in [0.717, 1.165) is 5.56 Å². The molecule has 1 heterocycles. The second kappa shape index (κ2) is 9.95. The van der Waals surface area contributed by atoms with Crippen LogP contribution < -0.4 is 4.74 Å². The minimum absolute atomic E-state index is 0. The fourth-order valence-corrected chi connectivity index (χ4v) is 2.43. The number of rotatable bonds is 2. The predicted molar refractivity (Wildman–Crippen MR) is 95.0 cm³/mol. The number of carboxylic acid groups (broad SMARTS) is 1. The summed E-state index contributed by atoms with van der Waals surface area (Å²) in [5.41, 5.74) is 2.46. The number of fused-ring (bicyclic) bond motifs is 2. The Morgan fingerprint density at radius 1 is 1.19 bits per heavy atom. The standard InChI is InChI=1S/C17H14O4.CHO2.CH3.H2O/c1-10(17(19)20)11-6-7-15-14(8-11)16(18)13-5-3-2-4-12(13)9-21-15;2-1-3;;/h2-8,10H,9H2,1H3,(H,19,20);(H,2,3);1H3;1H2. The Labute approximate surface area is 151 Å². The summed E-state index contributed by atoms with van der Waals surface area (Å²) >= 11 is 0. The van der Waals surface area contributed by atoms with E-state index in [9.17, 15) is 9.59 Å². The summed E-state index contributed by atoms with van der Waals surface area (Å²) in [5, 5.41) is 15.9. The lowest BCUT2D eigenvalue weighted by molar-refractivity contribution is -0.138. The summed E-state index contributed by atoms with van der Waals surface area (Å²) in [4.78, 5) is 32.0. The monoisotopic (exact) mass is 360 g/mol. The Morgan fingerprint density at radius 3 is 2.42 bits per heavy atom. The largest absolute Gasteiger partial charge is 0.488 e. The van der Waals surface area contributed by atoms with Crippen LogP contribution in [0.25, 0.3) is 0 Å². The third kappa shape index (κ3) is 4.67. The molecule has 7 nitrogen and oxygen atoms in total. The van der Waals surface area contributed by atoms with Crippen molar-refractivity contribution < 1.29 is 34.8 Å². The number of carboxylic acids is 1. The van der Waals surface area contributed by atoms with Gasteiger partial charge in [-0.3, -0.25) is 9.59 Å². The quantitative estimate of drug-likeness (QED) is 0.844. The molecule has 0 amide bonds. The van der Waals surface area contributed by atoms with Gasteiger partial charge >= 0.3 is 12.4 Å². The van der Waals surface area contributed by atoms with E-state index in [2.05, 4.69) is 0 Å². The van der Waals surface area contributed by atoms with Crippen molar-refractivity contribution in [1.29, 1.82) is 0 Å². The van der Waals surface area contributed by atoms with Crippen LogP contribution in [0, 0.1) is 7.43 Å². The molecule has 0 spiro atoms. The van der Waals surface area contributed by atoms with Crippen LogP contribution in [0.15, 0.2) is 42.5 Å². The Bertz CT molecular complexity index is 783. The van der Waals surface area contributed by atoms with Gasteiger partial charge in [0.1, 0.15) is 12.4 Å². The van der Waals surface area contributed by atoms with Gasteiger partial charge in [-0.25, -0.2) is 4.79 Å². The van der Waals surface area contributed by atoms with Gasteiger partial charge in [0, 0.05) is 11.1 Å². The maximum atomic E-state index is 12.6. The van der Waals surface area contributed by atoms with Crippen molar-refractivity contribution >= 4 is 18.2 Å². The predicted octanol–water partition coefficient (Wildman–Crippen LogP) is 2.24. The lowest BCUT2D eigenvalue weighted by atomic mass is 9.94. The van der Waals surface area contributed by atoms with Crippen LogP contribution in [-0.4, -0.2) is 33.9 Å². The first-order chi connectivity index (χ1) is 11.5. The highest BCUT2D eigenvalue weighted by Gasteiger charge is 2.24. The third-order valence-corrected chi connectivity index (χ3v) is 3.76. The molecule has 26 heavy (non-hydrogen) atoms. The zero-order valence-electron chi connectivity index (χ0n) is 14.4. The molecular weight excluding hydrogens is 340 g/mol. The van der Waals surface area contributed by atoms with Crippen LogP contribution in [0.4, 0.5) is 0 Å². The molecule has 0 fully saturated rings. The molecule has 1 aliphatic heterocycles. The Hall–Kier alpha value is -3.19. The summed E-state index contributed by atoms with van der Waals surface area (Å²) in [5.74, 6) is -1.21. The van der Waals surface area contributed by atoms with E-state index in [1.807, 2.05) is 18.2 Å². The molecule has 0 bridgehead atoms. The highest BCUT2D eigenvalue weighted by Crippen LogP contribution is 2.31. The van der Waals surface area contributed by atoms with E-state index >= 15 is 0 Å². The molecule has 0 saturated heterocycles. The van der Waals surface area contributed by atoms with Gasteiger partial charge < -0.3 is 20.4 Å². The summed E-state index contributed by atoms with van der Waals surface area (Å²) < 4.78 is 5.67. The molecule has 1 aliphatic rings. The SMILES string of the molecule is CC(C(=O)O)c1ccc2c(c1)C(=O)c1ccccc1CO2.O.O=[C]O.[CH3]. The number of ether oxygens (including phenoxy) is 1. The number of carbonyl (C=O) groups is 2. The van der Waals surface area contributed by atoms with Crippen LogP contribution in [0.5, 0.6) is 5.75 Å². The molecule has 1 unspecified atom stereocenters. The van der Waals surface area contributed by atoms with E-state index < -0.39 is 11.9 Å². The molecule has 7 heteroatoms. The van der Waals surface area contributed by atoms with Gasteiger partial charge in [0.2, 0.25) is 0 Å². The second-order valence-electron chi connectivity index (χ2n) is 5.18. The zero-order valence-corrected chi connectivity index (χ0v) is 14.4. The van der Waals surface area contributed by atoms with Gasteiger partial charge in [0.05, 0.1) is 11.5 Å². The number of benzene rings is 2. The molecule has 1 atom stereocenters. The van der Waals surface area contributed by atoms with Gasteiger partial charge in [-0.2, -0.15) is 0 Å². The summed E-state index contributed by atoms with van der Waals surface area (Å²) in [6.07, 6.45) is 0. The Balaban J connectivity index is 0.00000117. The van der Waals surface area contributed by atoms with Crippen molar-refractivity contribution in [3.8, 4) is 5.75 Å².